The number of carbonyl (C=O) groups is 1. The lowest BCUT2D eigenvalue weighted by Crippen LogP contribution is -2.19. The summed E-state index contributed by atoms with van der Waals surface area (Å²) in [4.78, 5) is 16.4. The first kappa shape index (κ1) is 16.5. The van der Waals surface area contributed by atoms with Crippen molar-refractivity contribution in [2.45, 2.75) is 6.92 Å². The smallest absolute Gasteiger partial charge is 0.264 e. The van der Waals surface area contributed by atoms with E-state index in [9.17, 15) is 4.79 Å². The molecule has 0 saturated carbocycles. The predicted molar refractivity (Wildman–Crippen MR) is 96.4 cm³/mol. The third-order valence-corrected chi connectivity index (χ3v) is 4.27. The molecule has 0 radical (unpaired) electrons. The highest BCUT2D eigenvalue weighted by atomic mass is 35.5. The largest absolute Gasteiger partial charge is 0.492 e. The zero-order valence-electron chi connectivity index (χ0n) is 12.9. The van der Waals surface area contributed by atoms with Gasteiger partial charge in [0.15, 0.2) is 11.7 Å². The third kappa shape index (κ3) is 3.96. The van der Waals surface area contributed by atoms with Gasteiger partial charge in [0.2, 0.25) is 0 Å². The molecular weight excluding hydrogens is 348 g/mol. The summed E-state index contributed by atoms with van der Waals surface area (Å²) in [7, 11) is 0. The maximum atomic E-state index is 12.0. The number of para-hydroxylation sites is 1. The van der Waals surface area contributed by atoms with E-state index in [-0.39, 0.29) is 12.5 Å². The Morgan fingerprint density at radius 2 is 2.08 bits per heavy atom. The highest BCUT2D eigenvalue weighted by molar-refractivity contribution is 7.22. The number of carbonyl (C=O) groups excluding carboxylic acids is 1. The molecule has 1 aromatic heterocycles. The summed E-state index contributed by atoms with van der Waals surface area (Å²) in [5.41, 5.74) is 0.746. The number of nitrogens with one attached hydrogen (secondary N) is 1. The second-order valence-electron chi connectivity index (χ2n) is 4.85. The van der Waals surface area contributed by atoms with Gasteiger partial charge in [0, 0.05) is 5.02 Å². The van der Waals surface area contributed by atoms with Crippen molar-refractivity contribution < 1.29 is 14.3 Å². The second kappa shape index (κ2) is 7.51. The van der Waals surface area contributed by atoms with E-state index in [4.69, 9.17) is 21.1 Å². The number of thiazole rings is 1. The van der Waals surface area contributed by atoms with Crippen LogP contribution in [0.4, 0.5) is 5.13 Å². The SMILES string of the molecule is CCOc1cccc2sc(NC(=O)COc3cccc(Cl)c3)nc12. The van der Waals surface area contributed by atoms with Crippen LogP contribution in [0.1, 0.15) is 6.92 Å². The number of aromatic nitrogens is 1. The molecule has 1 amide bonds. The number of benzene rings is 2. The molecule has 7 heteroatoms. The van der Waals surface area contributed by atoms with Crippen LogP contribution in [-0.2, 0) is 4.79 Å². The summed E-state index contributed by atoms with van der Waals surface area (Å²) in [6, 6.07) is 12.6. The van der Waals surface area contributed by atoms with Gasteiger partial charge in [-0.3, -0.25) is 10.1 Å². The van der Waals surface area contributed by atoms with Gasteiger partial charge in [-0.1, -0.05) is 35.1 Å². The number of halogens is 1. The average Bonchev–Trinajstić information content (AvgIpc) is 2.97. The Kier molecular flexibility index (Phi) is 5.17. The van der Waals surface area contributed by atoms with Crippen molar-refractivity contribution in [1.29, 1.82) is 0 Å². The molecule has 0 bridgehead atoms. The van der Waals surface area contributed by atoms with Crippen molar-refractivity contribution in [2.75, 3.05) is 18.5 Å². The van der Waals surface area contributed by atoms with Crippen molar-refractivity contribution in [3.63, 3.8) is 0 Å². The van der Waals surface area contributed by atoms with E-state index in [1.807, 2.05) is 25.1 Å². The molecule has 0 spiro atoms. The Labute approximate surface area is 148 Å². The molecule has 3 aromatic rings. The Morgan fingerprint density at radius 1 is 1.25 bits per heavy atom. The van der Waals surface area contributed by atoms with Gasteiger partial charge in [-0.05, 0) is 37.3 Å². The second-order valence-corrected chi connectivity index (χ2v) is 6.32. The summed E-state index contributed by atoms with van der Waals surface area (Å²) in [6.45, 7) is 2.36. The van der Waals surface area contributed by atoms with Crippen LogP contribution >= 0.6 is 22.9 Å². The first-order valence-corrected chi connectivity index (χ1v) is 8.55. The Morgan fingerprint density at radius 3 is 2.88 bits per heavy atom. The van der Waals surface area contributed by atoms with Crippen LogP contribution in [-0.4, -0.2) is 24.1 Å². The van der Waals surface area contributed by atoms with Gasteiger partial charge in [-0.2, -0.15) is 0 Å². The summed E-state index contributed by atoms with van der Waals surface area (Å²) in [6.07, 6.45) is 0. The standard InChI is InChI=1S/C17H15ClN2O3S/c1-2-22-13-7-4-8-14-16(13)20-17(24-14)19-15(21)10-23-12-6-3-5-11(18)9-12/h3-9H,2,10H2,1H3,(H,19,20,21). The van der Waals surface area contributed by atoms with E-state index in [2.05, 4.69) is 10.3 Å². The molecule has 0 saturated heterocycles. The summed E-state index contributed by atoms with van der Waals surface area (Å²) in [5.74, 6) is 0.967. The quantitative estimate of drug-likeness (QED) is 0.707. The Hall–Kier alpha value is -2.31. The van der Waals surface area contributed by atoms with Crippen LogP contribution in [0.15, 0.2) is 42.5 Å². The minimum atomic E-state index is -0.285. The highest BCUT2D eigenvalue weighted by Gasteiger charge is 2.11. The van der Waals surface area contributed by atoms with Crippen LogP contribution in [0.25, 0.3) is 10.2 Å². The van der Waals surface area contributed by atoms with E-state index < -0.39 is 0 Å². The van der Waals surface area contributed by atoms with Crippen molar-refractivity contribution in [2.24, 2.45) is 0 Å². The maximum Gasteiger partial charge on any atom is 0.264 e. The zero-order chi connectivity index (χ0) is 16.9. The van der Waals surface area contributed by atoms with Gasteiger partial charge < -0.3 is 9.47 Å². The molecule has 24 heavy (non-hydrogen) atoms. The normalized spacial score (nSPS) is 10.6. The third-order valence-electron chi connectivity index (χ3n) is 3.09. The zero-order valence-corrected chi connectivity index (χ0v) is 14.5. The van der Waals surface area contributed by atoms with E-state index >= 15 is 0 Å². The number of fused-ring (bicyclic) bond motifs is 1. The van der Waals surface area contributed by atoms with Gasteiger partial charge >= 0.3 is 0 Å². The Bertz CT molecular complexity index is 866. The van der Waals surface area contributed by atoms with Gasteiger partial charge in [0.1, 0.15) is 17.0 Å². The first-order chi connectivity index (χ1) is 11.7. The molecule has 0 aliphatic carbocycles. The lowest BCUT2D eigenvalue weighted by atomic mass is 10.3. The lowest BCUT2D eigenvalue weighted by Gasteiger charge is -2.05. The molecule has 0 aliphatic rings. The number of nitrogens with zero attached hydrogens (tertiary/aromatic N) is 1. The molecule has 5 nitrogen and oxygen atoms in total. The number of rotatable bonds is 6. The molecular formula is C17H15ClN2O3S. The van der Waals surface area contributed by atoms with Crippen molar-refractivity contribution in [3.8, 4) is 11.5 Å². The molecule has 0 fully saturated rings. The predicted octanol–water partition coefficient (Wildman–Crippen LogP) is 4.37. The number of amides is 1. The number of ether oxygens (including phenoxy) is 2. The van der Waals surface area contributed by atoms with Crippen LogP contribution in [0, 0.1) is 0 Å². The van der Waals surface area contributed by atoms with E-state index in [1.165, 1.54) is 11.3 Å². The van der Waals surface area contributed by atoms with Crippen LogP contribution < -0.4 is 14.8 Å². The lowest BCUT2D eigenvalue weighted by molar-refractivity contribution is -0.118. The minimum absolute atomic E-state index is 0.116. The fourth-order valence-electron chi connectivity index (χ4n) is 2.11. The van der Waals surface area contributed by atoms with Gasteiger partial charge in [-0.15, -0.1) is 0 Å². The molecule has 2 aromatic carbocycles. The maximum absolute atomic E-state index is 12.0. The minimum Gasteiger partial charge on any atom is -0.492 e. The summed E-state index contributed by atoms with van der Waals surface area (Å²) >= 11 is 7.26. The first-order valence-electron chi connectivity index (χ1n) is 7.36. The molecule has 0 atom stereocenters. The molecule has 1 heterocycles. The van der Waals surface area contributed by atoms with Crippen LogP contribution in [0.2, 0.25) is 5.02 Å². The topological polar surface area (TPSA) is 60.5 Å². The van der Waals surface area contributed by atoms with Crippen LogP contribution in [0.3, 0.4) is 0 Å². The molecule has 3 rings (SSSR count). The van der Waals surface area contributed by atoms with Gasteiger partial charge in [0.25, 0.3) is 5.91 Å². The molecule has 0 aliphatic heterocycles. The number of hydrogen-bond donors (Lipinski definition) is 1. The summed E-state index contributed by atoms with van der Waals surface area (Å²) < 4.78 is 11.9. The van der Waals surface area contributed by atoms with Gasteiger partial charge in [0.05, 0.1) is 11.3 Å². The van der Waals surface area contributed by atoms with Gasteiger partial charge in [-0.25, -0.2) is 4.98 Å². The number of anilines is 1. The van der Waals surface area contributed by atoms with E-state index in [0.29, 0.717) is 28.3 Å². The summed E-state index contributed by atoms with van der Waals surface area (Å²) in [5, 5.41) is 3.81. The fraction of sp³-hybridized carbons (Fsp3) is 0.176. The molecule has 1 N–H and O–H groups in total. The van der Waals surface area contributed by atoms with Crippen LogP contribution in [0.5, 0.6) is 11.5 Å². The molecule has 0 unspecified atom stereocenters. The van der Waals surface area contributed by atoms with Crippen molar-refractivity contribution in [3.05, 3.63) is 47.5 Å². The fourth-order valence-corrected chi connectivity index (χ4v) is 3.19. The highest BCUT2D eigenvalue weighted by Crippen LogP contribution is 2.32. The van der Waals surface area contributed by atoms with E-state index in [1.54, 1.807) is 24.3 Å². The Balaban J connectivity index is 1.66. The van der Waals surface area contributed by atoms with Crippen molar-refractivity contribution in [1.82, 2.24) is 4.98 Å². The van der Waals surface area contributed by atoms with Crippen molar-refractivity contribution >= 4 is 44.2 Å². The number of hydrogen-bond acceptors (Lipinski definition) is 5. The van der Waals surface area contributed by atoms with E-state index in [0.717, 1.165) is 10.2 Å². The monoisotopic (exact) mass is 362 g/mol. The molecule has 124 valence electrons. The average molecular weight is 363 g/mol.